The summed E-state index contributed by atoms with van der Waals surface area (Å²) in [6.45, 7) is 7.16. The number of ether oxygens (including phenoxy) is 1. The maximum atomic E-state index is 11.9. The Hall–Kier alpha value is -3.40. The maximum absolute atomic E-state index is 11.9. The highest BCUT2D eigenvalue weighted by molar-refractivity contribution is 5.88. The summed E-state index contributed by atoms with van der Waals surface area (Å²) >= 11 is 0. The number of imidazole rings is 1. The van der Waals surface area contributed by atoms with Crippen LogP contribution in [0.15, 0.2) is 42.6 Å². The van der Waals surface area contributed by atoms with Crippen LogP contribution in [-0.4, -0.2) is 51.7 Å². The quantitative estimate of drug-likeness (QED) is 0.556. The highest BCUT2D eigenvalue weighted by Crippen LogP contribution is 2.25. The average Bonchev–Trinajstić information content (AvgIpc) is 3.16. The number of hydrogen-bond acceptors (Lipinski definition) is 5. The molecule has 7 nitrogen and oxygen atoms in total. The molecule has 1 N–H and O–H groups in total. The number of fused-ring (bicyclic) bond motifs is 1. The van der Waals surface area contributed by atoms with Gasteiger partial charge in [0.2, 0.25) is 0 Å². The third kappa shape index (κ3) is 6.55. The molecule has 0 saturated carbocycles. The molecule has 178 valence electrons. The fraction of sp³-hybridized carbons (Fsp3) is 0.348. The van der Waals surface area contributed by atoms with E-state index in [1.807, 2.05) is 18.3 Å². The van der Waals surface area contributed by atoms with Gasteiger partial charge >= 0.3 is 18.1 Å². The number of aromatic nitrogens is 2. The zero-order valence-electron chi connectivity index (χ0n) is 19.0. The SMILES string of the molecule is COC(=O)c1cccc2nc(CN(C)C(C)c3cc(C)ccc3C)cn12.O=C(O)C(F)(F)F. The van der Waals surface area contributed by atoms with Gasteiger partial charge in [-0.05, 0) is 51.1 Å². The van der Waals surface area contributed by atoms with Crippen molar-refractivity contribution in [1.29, 1.82) is 0 Å². The van der Waals surface area contributed by atoms with E-state index >= 15 is 0 Å². The zero-order valence-corrected chi connectivity index (χ0v) is 19.0. The Morgan fingerprint density at radius 1 is 1.21 bits per heavy atom. The fourth-order valence-electron chi connectivity index (χ4n) is 3.25. The van der Waals surface area contributed by atoms with Gasteiger partial charge in [0, 0.05) is 18.8 Å². The molecule has 0 saturated heterocycles. The van der Waals surface area contributed by atoms with Gasteiger partial charge in [0.25, 0.3) is 0 Å². The number of aliphatic carboxylic acids is 1. The van der Waals surface area contributed by atoms with Crippen molar-refractivity contribution in [2.75, 3.05) is 14.2 Å². The molecule has 1 unspecified atom stereocenters. The molecule has 2 aromatic heterocycles. The van der Waals surface area contributed by atoms with Crippen LogP contribution in [0.25, 0.3) is 5.65 Å². The Morgan fingerprint density at radius 3 is 2.42 bits per heavy atom. The van der Waals surface area contributed by atoms with Gasteiger partial charge in [-0.3, -0.25) is 9.30 Å². The molecule has 10 heteroatoms. The van der Waals surface area contributed by atoms with Gasteiger partial charge in [-0.15, -0.1) is 0 Å². The lowest BCUT2D eigenvalue weighted by molar-refractivity contribution is -0.192. The average molecular weight is 465 g/mol. The lowest BCUT2D eigenvalue weighted by Crippen LogP contribution is -2.22. The number of methoxy groups -OCH3 is 1. The van der Waals surface area contributed by atoms with Crippen LogP contribution >= 0.6 is 0 Å². The topological polar surface area (TPSA) is 84.1 Å². The molecule has 3 rings (SSSR count). The van der Waals surface area contributed by atoms with Gasteiger partial charge in [-0.2, -0.15) is 13.2 Å². The predicted octanol–water partition coefficient (Wildman–Crippen LogP) is 4.56. The number of carbonyl (C=O) groups is 2. The Balaban J connectivity index is 0.000000479. The molecular weight excluding hydrogens is 439 g/mol. The highest BCUT2D eigenvalue weighted by atomic mass is 19.4. The van der Waals surface area contributed by atoms with E-state index in [2.05, 4.69) is 55.9 Å². The maximum Gasteiger partial charge on any atom is 0.490 e. The molecule has 33 heavy (non-hydrogen) atoms. The molecular formula is C23H26F3N3O4. The summed E-state index contributed by atoms with van der Waals surface area (Å²) in [5.74, 6) is -3.12. The molecule has 0 bridgehead atoms. The number of alkyl halides is 3. The zero-order chi connectivity index (χ0) is 24.9. The number of rotatable bonds is 5. The van der Waals surface area contributed by atoms with E-state index in [0.29, 0.717) is 12.2 Å². The van der Waals surface area contributed by atoms with Crippen molar-refractivity contribution in [3.63, 3.8) is 0 Å². The molecule has 0 aliphatic heterocycles. The van der Waals surface area contributed by atoms with Gasteiger partial charge in [-0.25, -0.2) is 14.6 Å². The van der Waals surface area contributed by atoms with Crippen LogP contribution in [0.3, 0.4) is 0 Å². The normalized spacial score (nSPS) is 12.3. The van der Waals surface area contributed by atoms with Gasteiger partial charge in [0.1, 0.15) is 11.3 Å². The minimum absolute atomic E-state index is 0.264. The first-order valence-corrected chi connectivity index (χ1v) is 9.98. The van der Waals surface area contributed by atoms with Crippen LogP contribution in [0.4, 0.5) is 13.2 Å². The smallest absolute Gasteiger partial charge is 0.475 e. The number of hydrogen-bond donors (Lipinski definition) is 1. The molecule has 0 spiro atoms. The molecule has 0 aliphatic rings. The molecule has 1 aromatic carbocycles. The molecule has 2 heterocycles. The molecule has 0 fully saturated rings. The second-order valence-electron chi connectivity index (χ2n) is 7.62. The van der Waals surface area contributed by atoms with Gasteiger partial charge in [-0.1, -0.05) is 29.8 Å². The van der Waals surface area contributed by atoms with Crippen molar-refractivity contribution in [3.05, 3.63) is 70.7 Å². The summed E-state index contributed by atoms with van der Waals surface area (Å²) in [5.41, 5.74) is 6.02. The van der Waals surface area contributed by atoms with Crippen LogP contribution in [-0.2, 0) is 16.1 Å². The summed E-state index contributed by atoms with van der Waals surface area (Å²) in [6.07, 6.45) is -3.17. The summed E-state index contributed by atoms with van der Waals surface area (Å²) in [4.78, 5) is 27.8. The fourth-order valence-corrected chi connectivity index (χ4v) is 3.25. The van der Waals surface area contributed by atoms with Crippen molar-refractivity contribution in [1.82, 2.24) is 14.3 Å². The summed E-state index contributed by atoms with van der Waals surface area (Å²) in [5, 5.41) is 7.12. The summed E-state index contributed by atoms with van der Waals surface area (Å²) in [7, 11) is 3.48. The van der Waals surface area contributed by atoms with Crippen LogP contribution < -0.4 is 0 Å². The first kappa shape index (κ1) is 25.9. The number of carboxylic acid groups (broad SMARTS) is 1. The molecule has 0 radical (unpaired) electrons. The Bertz CT molecular complexity index is 1140. The second kappa shape index (κ2) is 10.5. The van der Waals surface area contributed by atoms with E-state index in [1.54, 1.807) is 10.5 Å². The summed E-state index contributed by atoms with van der Waals surface area (Å²) in [6, 6.07) is 12.3. The Morgan fingerprint density at radius 2 is 1.85 bits per heavy atom. The van der Waals surface area contributed by atoms with Crippen LogP contribution in [0, 0.1) is 13.8 Å². The summed E-state index contributed by atoms with van der Waals surface area (Å²) < 4.78 is 38.4. The molecule has 0 amide bonds. The van der Waals surface area contributed by atoms with Gasteiger partial charge in [0.15, 0.2) is 0 Å². The third-order valence-corrected chi connectivity index (χ3v) is 5.14. The van der Waals surface area contributed by atoms with Crippen LogP contribution in [0.5, 0.6) is 0 Å². The molecule has 1 atom stereocenters. The second-order valence-corrected chi connectivity index (χ2v) is 7.62. The van der Waals surface area contributed by atoms with E-state index in [4.69, 9.17) is 14.6 Å². The number of nitrogens with zero attached hydrogens (tertiary/aromatic N) is 3. The number of pyridine rings is 1. The van der Waals surface area contributed by atoms with E-state index in [0.717, 1.165) is 11.3 Å². The van der Waals surface area contributed by atoms with E-state index in [-0.39, 0.29) is 12.0 Å². The predicted molar refractivity (Wildman–Crippen MR) is 116 cm³/mol. The van der Waals surface area contributed by atoms with Crippen LogP contribution in [0.1, 0.15) is 45.8 Å². The largest absolute Gasteiger partial charge is 0.490 e. The number of aryl methyl sites for hydroxylation is 2. The third-order valence-electron chi connectivity index (χ3n) is 5.14. The lowest BCUT2D eigenvalue weighted by Gasteiger charge is -2.26. The van der Waals surface area contributed by atoms with Crippen molar-refractivity contribution in [2.24, 2.45) is 0 Å². The number of carboxylic acids is 1. The van der Waals surface area contributed by atoms with E-state index in [1.165, 1.54) is 23.8 Å². The number of benzene rings is 1. The first-order valence-electron chi connectivity index (χ1n) is 9.98. The van der Waals surface area contributed by atoms with Crippen molar-refractivity contribution >= 4 is 17.6 Å². The minimum atomic E-state index is -5.08. The highest BCUT2D eigenvalue weighted by Gasteiger charge is 2.38. The Labute approximate surface area is 189 Å². The first-order chi connectivity index (χ1) is 15.3. The monoisotopic (exact) mass is 465 g/mol. The van der Waals surface area contributed by atoms with Gasteiger partial charge < -0.3 is 9.84 Å². The van der Waals surface area contributed by atoms with Crippen molar-refractivity contribution in [2.45, 2.75) is 39.5 Å². The Kier molecular flexibility index (Phi) is 8.21. The van der Waals surface area contributed by atoms with Crippen molar-refractivity contribution < 1.29 is 32.6 Å². The number of esters is 1. The minimum Gasteiger partial charge on any atom is -0.475 e. The molecule has 0 aliphatic carbocycles. The number of carbonyl (C=O) groups excluding carboxylic acids is 1. The van der Waals surface area contributed by atoms with Gasteiger partial charge in [0.05, 0.1) is 12.8 Å². The number of halogens is 3. The van der Waals surface area contributed by atoms with Crippen LogP contribution in [0.2, 0.25) is 0 Å². The standard InChI is InChI=1S/C21H25N3O2.C2HF3O2/c1-14-9-10-15(2)18(11-14)16(3)23(4)12-17-13-24-19(21(25)26-5)7-6-8-20(24)22-17;3-2(4,5)1(6)7/h6-11,13,16H,12H2,1-5H3;(H,6,7). The van der Waals surface area contributed by atoms with E-state index < -0.39 is 12.1 Å². The van der Waals surface area contributed by atoms with Crippen molar-refractivity contribution in [3.8, 4) is 0 Å². The molecule has 3 aromatic rings. The lowest BCUT2D eigenvalue weighted by atomic mass is 9.99. The van der Waals surface area contributed by atoms with E-state index in [9.17, 15) is 18.0 Å².